The quantitative estimate of drug-likeness (QED) is 0.226. The smallest absolute Gasteiger partial charge is 0.408 e. The monoisotopic (exact) mass is 552 g/mol. The molecule has 0 spiro atoms. The minimum absolute atomic E-state index is 0.0754. The first-order valence-corrected chi connectivity index (χ1v) is 13.2. The number of hydrogen-bond acceptors (Lipinski definition) is 8. The normalized spacial score (nSPS) is 14.8. The maximum absolute atomic E-state index is 13.1. The van der Waals surface area contributed by atoms with Crippen LogP contribution in [0, 0.1) is 5.92 Å². The second-order valence-electron chi connectivity index (χ2n) is 9.51. The lowest BCUT2D eigenvalue weighted by molar-refractivity contribution is -0.158. The molecule has 0 aliphatic heterocycles. The summed E-state index contributed by atoms with van der Waals surface area (Å²) in [6.07, 6.45) is -0.903. The van der Waals surface area contributed by atoms with Gasteiger partial charge in [-0.1, -0.05) is 81.5 Å². The lowest BCUT2D eigenvalue weighted by Crippen LogP contribution is -2.53. The number of hydrogen-bond donors (Lipinski definition) is 2. The van der Waals surface area contributed by atoms with Gasteiger partial charge in [0.2, 0.25) is 0 Å². The maximum atomic E-state index is 13.1. The average Bonchev–Trinajstić information content (AvgIpc) is 3.29. The second-order valence-corrected chi connectivity index (χ2v) is 9.51. The van der Waals surface area contributed by atoms with Crippen molar-refractivity contribution in [2.24, 2.45) is 5.92 Å². The number of amides is 2. The van der Waals surface area contributed by atoms with E-state index in [0.717, 1.165) is 29.4 Å². The van der Waals surface area contributed by atoms with Crippen molar-refractivity contribution in [3.8, 4) is 11.1 Å². The van der Waals surface area contributed by atoms with Gasteiger partial charge in [-0.3, -0.25) is 0 Å². The fourth-order valence-corrected chi connectivity index (χ4v) is 4.56. The Morgan fingerprint density at radius 3 is 1.98 bits per heavy atom. The van der Waals surface area contributed by atoms with Gasteiger partial charge in [-0.05, 0) is 35.1 Å². The number of alkyl carbamates (subject to hydrolysis) is 2. The van der Waals surface area contributed by atoms with Gasteiger partial charge in [0.1, 0.15) is 25.4 Å². The number of methoxy groups -OCH3 is 1. The van der Waals surface area contributed by atoms with Crippen molar-refractivity contribution in [3.63, 3.8) is 0 Å². The van der Waals surface area contributed by atoms with E-state index in [9.17, 15) is 19.2 Å². The van der Waals surface area contributed by atoms with Crippen LogP contribution in [-0.4, -0.2) is 62.6 Å². The van der Waals surface area contributed by atoms with E-state index >= 15 is 0 Å². The van der Waals surface area contributed by atoms with E-state index in [-0.39, 0.29) is 25.0 Å². The molecular weight excluding hydrogens is 516 g/mol. The largest absolute Gasteiger partial charge is 0.467 e. The fraction of sp³-hybridized carbons (Fsp3) is 0.400. The summed E-state index contributed by atoms with van der Waals surface area (Å²) in [5.74, 6) is -2.08. The molecule has 214 valence electrons. The third kappa shape index (κ3) is 7.19. The maximum Gasteiger partial charge on any atom is 0.408 e. The SMILES string of the molecule is C=CCOC(=O)N[C@@H](C(=O)OC)[C@H](C)OC(=O)[C@@H](NC(=O)OCC1c2ccccc2-c2ccccc21)[C@@H](C)CC. The molecule has 0 saturated heterocycles. The predicted molar refractivity (Wildman–Crippen MR) is 147 cm³/mol. The van der Waals surface area contributed by atoms with Crippen LogP contribution in [0.3, 0.4) is 0 Å². The van der Waals surface area contributed by atoms with Crippen LogP contribution < -0.4 is 10.6 Å². The van der Waals surface area contributed by atoms with E-state index < -0.39 is 42.3 Å². The Balaban J connectivity index is 1.66. The highest BCUT2D eigenvalue weighted by Crippen LogP contribution is 2.44. The van der Waals surface area contributed by atoms with Crippen molar-refractivity contribution in [1.82, 2.24) is 10.6 Å². The van der Waals surface area contributed by atoms with E-state index in [2.05, 4.69) is 17.2 Å². The van der Waals surface area contributed by atoms with Crippen molar-refractivity contribution < 1.29 is 38.1 Å². The Bertz CT molecular complexity index is 1180. The van der Waals surface area contributed by atoms with Gasteiger partial charge in [0.15, 0.2) is 6.04 Å². The highest BCUT2D eigenvalue weighted by Gasteiger charge is 2.36. The molecule has 0 bridgehead atoms. The molecule has 2 aromatic rings. The van der Waals surface area contributed by atoms with E-state index in [4.69, 9.17) is 18.9 Å². The summed E-state index contributed by atoms with van der Waals surface area (Å²) in [6.45, 7) is 8.53. The Hall–Kier alpha value is -4.34. The van der Waals surface area contributed by atoms with Crippen LogP contribution in [0.2, 0.25) is 0 Å². The van der Waals surface area contributed by atoms with Gasteiger partial charge in [-0.25, -0.2) is 19.2 Å². The molecule has 1 aliphatic rings. The van der Waals surface area contributed by atoms with E-state index in [1.54, 1.807) is 6.92 Å². The predicted octanol–water partition coefficient (Wildman–Crippen LogP) is 4.33. The Labute approximate surface area is 234 Å². The first-order valence-electron chi connectivity index (χ1n) is 13.2. The van der Waals surface area contributed by atoms with Gasteiger partial charge < -0.3 is 29.6 Å². The van der Waals surface area contributed by atoms with Crippen LogP contribution in [0.4, 0.5) is 9.59 Å². The van der Waals surface area contributed by atoms with E-state index in [0.29, 0.717) is 6.42 Å². The van der Waals surface area contributed by atoms with Crippen LogP contribution in [0.15, 0.2) is 61.2 Å². The highest BCUT2D eigenvalue weighted by atomic mass is 16.6. The summed E-state index contributed by atoms with van der Waals surface area (Å²) in [4.78, 5) is 50.3. The molecule has 2 amide bonds. The van der Waals surface area contributed by atoms with Crippen LogP contribution in [0.25, 0.3) is 11.1 Å². The summed E-state index contributed by atoms with van der Waals surface area (Å²) >= 11 is 0. The van der Waals surface area contributed by atoms with Crippen molar-refractivity contribution >= 4 is 24.1 Å². The molecule has 0 fully saturated rings. The molecular formula is C30H36N2O8. The van der Waals surface area contributed by atoms with Crippen molar-refractivity contribution in [2.45, 2.75) is 51.3 Å². The topological polar surface area (TPSA) is 129 Å². The lowest BCUT2D eigenvalue weighted by Gasteiger charge is -2.27. The van der Waals surface area contributed by atoms with Gasteiger partial charge in [-0.2, -0.15) is 0 Å². The Morgan fingerprint density at radius 1 is 0.875 bits per heavy atom. The van der Waals surface area contributed by atoms with E-state index in [1.807, 2.05) is 55.5 Å². The number of ether oxygens (including phenoxy) is 4. The zero-order valence-electron chi connectivity index (χ0n) is 23.2. The van der Waals surface area contributed by atoms with Crippen molar-refractivity contribution in [2.75, 3.05) is 20.3 Å². The van der Waals surface area contributed by atoms with E-state index in [1.165, 1.54) is 13.0 Å². The van der Waals surface area contributed by atoms with Crippen LogP contribution in [-0.2, 0) is 28.5 Å². The molecule has 0 saturated carbocycles. The first-order chi connectivity index (χ1) is 19.2. The summed E-state index contributed by atoms with van der Waals surface area (Å²) < 4.78 is 20.7. The molecule has 10 nitrogen and oxygen atoms in total. The fourth-order valence-electron chi connectivity index (χ4n) is 4.56. The van der Waals surface area contributed by atoms with Gasteiger partial charge in [0.05, 0.1) is 7.11 Å². The number of esters is 2. The van der Waals surface area contributed by atoms with Crippen LogP contribution >= 0.6 is 0 Å². The number of benzene rings is 2. The van der Waals surface area contributed by atoms with Crippen LogP contribution in [0.5, 0.6) is 0 Å². The zero-order valence-corrected chi connectivity index (χ0v) is 23.2. The molecule has 1 aliphatic carbocycles. The van der Waals surface area contributed by atoms with Crippen molar-refractivity contribution in [1.29, 1.82) is 0 Å². The number of carbonyl (C=O) groups is 4. The zero-order chi connectivity index (χ0) is 29.2. The summed E-state index contributed by atoms with van der Waals surface area (Å²) in [5, 5.41) is 4.95. The Morgan fingerprint density at radius 2 is 1.43 bits per heavy atom. The lowest BCUT2D eigenvalue weighted by atomic mass is 9.98. The molecule has 3 rings (SSSR count). The number of rotatable bonds is 12. The third-order valence-corrected chi connectivity index (χ3v) is 6.92. The van der Waals surface area contributed by atoms with Crippen LogP contribution in [0.1, 0.15) is 44.2 Å². The number of fused-ring (bicyclic) bond motifs is 3. The van der Waals surface area contributed by atoms with Gasteiger partial charge in [0.25, 0.3) is 0 Å². The molecule has 0 aromatic heterocycles. The molecule has 40 heavy (non-hydrogen) atoms. The molecule has 10 heteroatoms. The highest BCUT2D eigenvalue weighted by molar-refractivity contribution is 5.84. The van der Waals surface area contributed by atoms with Gasteiger partial charge in [0, 0.05) is 5.92 Å². The minimum Gasteiger partial charge on any atom is -0.467 e. The summed E-state index contributed by atoms with van der Waals surface area (Å²) in [5.41, 5.74) is 4.33. The standard InChI is InChI=1S/C30H36N2O8/c1-6-16-38-29(35)32-26(27(33)37-5)19(4)40-28(34)25(18(3)7-2)31-30(36)39-17-24-22-14-10-8-12-20(22)21-13-9-11-15-23(21)24/h6,8-15,18-19,24-26H,1,7,16-17H2,2-5H3,(H,31,36)(H,32,35)/t18-,19-,25-,26+/m0/s1. The van der Waals surface area contributed by atoms with Crippen molar-refractivity contribution in [3.05, 3.63) is 72.3 Å². The molecule has 0 unspecified atom stereocenters. The molecule has 0 radical (unpaired) electrons. The minimum atomic E-state index is -1.33. The third-order valence-electron chi connectivity index (χ3n) is 6.92. The molecule has 4 atom stereocenters. The number of nitrogens with one attached hydrogen (secondary N) is 2. The molecule has 2 aromatic carbocycles. The van der Waals surface area contributed by atoms with Gasteiger partial charge >= 0.3 is 24.1 Å². The second kappa shape index (κ2) is 14.2. The molecule has 0 heterocycles. The van der Waals surface area contributed by atoms with Gasteiger partial charge in [-0.15, -0.1) is 0 Å². The summed E-state index contributed by atoms with van der Waals surface area (Å²) in [6, 6.07) is 13.6. The Kier molecular flexibility index (Phi) is 10.7. The first kappa shape index (κ1) is 30.2. The molecule has 2 N–H and O–H groups in total. The number of carbonyl (C=O) groups excluding carboxylic acids is 4. The average molecular weight is 553 g/mol. The summed E-state index contributed by atoms with van der Waals surface area (Å²) in [7, 11) is 1.14.